The monoisotopic (exact) mass is 365 g/mol. The molecule has 0 unspecified atom stereocenters. The largest absolute Gasteiger partial charge is 0.424 e. The number of anilines is 1. The fourth-order valence-electron chi connectivity index (χ4n) is 2.83. The van der Waals surface area contributed by atoms with Gasteiger partial charge in [-0.1, -0.05) is 6.92 Å². The molecule has 0 aliphatic rings. The average molecular weight is 365 g/mol. The fourth-order valence-corrected chi connectivity index (χ4v) is 2.83. The highest BCUT2D eigenvalue weighted by molar-refractivity contribution is 5.92. The van der Waals surface area contributed by atoms with Gasteiger partial charge in [-0.25, -0.2) is 9.97 Å². The number of carbonyl (C=O) groups is 1. The van der Waals surface area contributed by atoms with Crippen molar-refractivity contribution in [2.45, 2.75) is 27.2 Å². The molecule has 27 heavy (non-hydrogen) atoms. The van der Waals surface area contributed by atoms with E-state index in [0.29, 0.717) is 17.9 Å². The van der Waals surface area contributed by atoms with Gasteiger partial charge in [0, 0.05) is 36.7 Å². The Hall–Kier alpha value is -3.22. The summed E-state index contributed by atoms with van der Waals surface area (Å²) in [7, 11) is 1.92. The maximum absolute atomic E-state index is 12.5. The smallest absolute Gasteiger partial charge is 0.321 e. The highest BCUT2D eigenvalue weighted by Gasteiger charge is 2.18. The first-order chi connectivity index (χ1) is 12.9. The minimum Gasteiger partial charge on any atom is -0.424 e. The Morgan fingerprint density at radius 1 is 1.19 bits per heavy atom. The van der Waals surface area contributed by atoms with Crippen molar-refractivity contribution in [2.75, 3.05) is 5.32 Å². The van der Waals surface area contributed by atoms with E-state index in [9.17, 15) is 4.79 Å². The van der Waals surface area contributed by atoms with E-state index in [0.717, 1.165) is 17.0 Å². The number of nitrogens with zero attached hydrogens (tertiary/aromatic N) is 4. The van der Waals surface area contributed by atoms with E-state index in [1.54, 1.807) is 42.7 Å². The van der Waals surface area contributed by atoms with Gasteiger partial charge in [0.05, 0.1) is 5.69 Å². The molecule has 7 heteroatoms. The summed E-state index contributed by atoms with van der Waals surface area (Å²) in [6.07, 6.45) is 3.89. The van der Waals surface area contributed by atoms with Crippen LogP contribution in [0.2, 0.25) is 0 Å². The predicted octanol–water partition coefficient (Wildman–Crippen LogP) is 3.44. The van der Waals surface area contributed by atoms with Gasteiger partial charge in [-0.15, -0.1) is 0 Å². The summed E-state index contributed by atoms with van der Waals surface area (Å²) in [4.78, 5) is 20.6. The van der Waals surface area contributed by atoms with Crippen LogP contribution >= 0.6 is 0 Å². The Balaban J connectivity index is 1.60. The van der Waals surface area contributed by atoms with Crippen LogP contribution in [0.1, 0.15) is 23.9 Å². The lowest BCUT2D eigenvalue weighted by Gasteiger charge is -2.13. The molecule has 0 bridgehead atoms. The van der Waals surface area contributed by atoms with E-state index < -0.39 is 0 Å². The molecule has 2 aromatic heterocycles. The quantitative estimate of drug-likeness (QED) is 0.724. The number of amides is 1. The number of carbonyl (C=O) groups excluding carboxylic acids is 1. The number of aromatic nitrogens is 4. The molecule has 0 aliphatic carbocycles. The van der Waals surface area contributed by atoms with Crippen LogP contribution in [0.4, 0.5) is 5.69 Å². The van der Waals surface area contributed by atoms with Gasteiger partial charge >= 0.3 is 6.01 Å². The molecule has 0 saturated carbocycles. The SMILES string of the molecule is Cc1nn(C)c(C)c1C[C@H](C)C(=O)Nc1ccc(Oc2ncccn2)cc1. The molecular formula is C20H23N5O2. The standard InChI is InChI=1S/C20H23N5O2/c1-13(12-18-14(2)24-25(4)15(18)3)19(26)23-16-6-8-17(9-7-16)27-20-21-10-5-11-22-20/h5-11,13H,12H2,1-4H3,(H,23,26)/t13-/m0/s1. The van der Waals surface area contributed by atoms with Crippen molar-refractivity contribution in [1.82, 2.24) is 19.7 Å². The lowest BCUT2D eigenvalue weighted by Crippen LogP contribution is -2.22. The molecule has 3 aromatic rings. The number of benzene rings is 1. The van der Waals surface area contributed by atoms with Crippen molar-refractivity contribution in [3.05, 3.63) is 59.7 Å². The van der Waals surface area contributed by atoms with E-state index in [2.05, 4.69) is 20.4 Å². The maximum Gasteiger partial charge on any atom is 0.321 e. The third-order valence-corrected chi connectivity index (χ3v) is 4.49. The van der Waals surface area contributed by atoms with Gasteiger partial charge in [-0.3, -0.25) is 9.48 Å². The lowest BCUT2D eigenvalue weighted by molar-refractivity contribution is -0.119. The zero-order valence-corrected chi connectivity index (χ0v) is 15.9. The first-order valence-electron chi connectivity index (χ1n) is 8.79. The number of aryl methyl sites for hydroxylation is 2. The molecule has 0 aliphatic heterocycles. The molecule has 0 fully saturated rings. The van der Waals surface area contributed by atoms with E-state index in [4.69, 9.17) is 4.74 Å². The van der Waals surface area contributed by atoms with Crippen molar-refractivity contribution < 1.29 is 9.53 Å². The fraction of sp³-hybridized carbons (Fsp3) is 0.300. The zero-order chi connectivity index (χ0) is 19.4. The Morgan fingerprint density at radius 3 is 2.44 bits per heavy atom. The van der Waals surface area contributed by atoms with Crippen molar-refractivity contribution in [3.63, 3.8) is 0 Å². The van der Waals surface area contributed by atoms with Crippen LogP contribution in [0.3, 0.4) is 0 Å². The van der Waals surface area contributed by atoms with Crippen LogP contribution in [-0.2, 0) is 18.3 Å². The summed E-state index contributed by atoms with van der Waals surface area (Å²) in [5, 5.41) is 7.36. The molecule has 3 rings (SSSR count). The molecule has 140 valence electrons. The Bertz CT molecular complexity index is 920. The topological polar surface area (TPSA) is 81.9 Å². The summed E-state index contributed by atoms with van der Waals surface area (Å²) in [5.74, 6) is 0.409. The summed E-state index contributed by atoms with van der Waals surface area (Å²) in [6.45, 7) is 5.92. The third-order valence-electron chi connectivity index (χ3n) is 4.49. The zero-order valence-electron chi connectivity index (χ0n) is 15.9. The highest BCUT2D eigenvalue weighted by atomic mass is 16.5. The third kappa shape index (κ3) is 4.49. The minimum atomic E-state index is -0.166. The highest BCUT2D eigenvalue weighted by Crippen LogP contribution is 2.21. The molecule has 0 radical (unpaired) electrons. The number of hydrogen-bond donors (Lipinski definition) is 1. The van der Waals surface area contributed by atoms with Crippen LogP contribution in [0.15, 0.2) is 42.7 Å². The molecule has 1 aromatic carbocycles. The van der Waals surface area contributed by atoms with E-state index in [1.807, 2.05) is 32.5 Å². The van der Waals surface area contributed by atoms with Crippen LogP contribution in [0.25, 0.3) is 0 Å². The maximum atomic E-state index is 12.5. The molecule has 7 nitrogen and oxygen atoms in total. The molecule has 0 spiro atoms. The number of rotatable bonds is 6. The molecule has 1 atom stereocenters. The molecular weight excluding hydrogens is 342 g/mol. The van der Waals surface area contributed by atoms with Gasteiger partial charge in [0.2, 0.25) is 5.91 Å². The minimum absolute atomic E-state index is 0.0299. The number of hydrogen-bond acceptors (Lipinski definition) is 5. The van der Waals surface area contributed by atoms with Crippen molar-refractivity contribution in [2.24, 2.45) is 13.0 Å². The Kier molecular flexibility index (Phi) is 5.49. The van der Waals surface area contributed by atoms with Gasteiger partial charge in [0.25, 0.3) is 0 Å². The molecule has 2 heterocycles. The second kappa shape index (κ2) is 7.99. The summed E-state index contributed by atoms with van der Waals surface area (Å²) in [6, 6.07) is 9.14. The van der Waals surface area contributed by atoms with E-state index >= 15 is 0 Å². The van der Waals surface area contributed by atoms with Crippen LogP contribution in [0, 0.1) is 19.8 Å². The van der Waals surface area contributed by atoms with Gasteiger partial charge in [0.1, 0.15) is 5.75 Å². The van der Waals surface area contributed by atoms with Gasteiger partial charge in [0.15, 0.2) is 0 Å². The predicted molar refractivity (Wildman–Crippen MR) is 103 cm³/mol. The van der Waals surface area contributed by atoms with Crippen LogP contribution < -0.4 is 10.1 Å². The Labute approximate surface area is 158 Å². The second-order valence-electron chi connectivity index (χ2n) is 6.53. The lowest BCUT2D eigenvalue weighted by atomic mass is 9.99. The number of ether oxygens (including phenoxy) is 1. The van der Waals surface area contributed by atoms with E-state index in [1.165, 1.54) is 0 Å². The van der Waals surface area contributed by atoms with Crippen molar-refractivity contribution in [1.29, 1.82) is 0 Å². The van der Waals surface area contributed by atoms with Gasteiger partial charge in [-0.2, -0.15) is 5.10 Å². The Morgan fingerprint density at radius 2 is 1.85 bits per heavy atom. The first-order valence-corrected chi connectivity index (χ1v) is 8.79. The molecule has 1 N–H and O–H groups in total. The van der Waals surface area contributed by atoms with E-state index in [-0.39, 0.29) is 17.8 Å². The normalized spacial score (nSPS) is 11.9. The summed E-state index contributed by atoms with van der Waals surface area (Å²) < 4.78 is 7.40. The summed E-state index contributed by atoms with van der Waals surface area (Å²) >= 11 is 0. The van der Waals surface area contributed by atoms with Gasteiger partial charge in [-0.05, 0) is 56.2 Å². The average Bonchev–Trinajstić information content (AvgIpc) is 2.90. The molecule has 0 saturated heterocycles. The van der Waals surface area contributed by atoms with Crippen LogP contribution in [-0.4, -0.2) is 25.7 Å². The van der Waals surface area contributed by atoms with Crippen molar-refractivity contribution in [3.8, 4) is 11.8 Å². The van der Waals surface area contributed by atoms with Crippen LogP contribution in [0.5, 0.6) is 11.8 Å². The van der Waals surface area contributed by atoms with Crippen molar-refractivity contribution >= 4 is 11.6 Å². The molecule has 1 amide bonds. The van der Waals surface area contributed by atoms with Gasteiger partial charge < -0.3 is 10.1 Å². The first kappa shape index (κ1) is 18.6. The summed E-state index contributed by atoms with van der Waals surface area (Å²) in [5.41, 5.74) is 3.91. The second-order valence-corrected chi connectivity index (χ2v) is 6.53. The number of nitrogens with one attached hydrogen (secondary N) is 1.